The number of ketones is 1. The van der Waals surface area contributed by atoms with Crippen molar-refractivity contribution >= 4 is 22.8 Å². The van der Waals surface area contributed by atoms with E-state index in [2.05, 4.69) is 10.3 Å². The van der Waals surface area contributed by atoms with E-state index in [-0.39, 0.29) is 22.5 Å². The van der Waals surface area contributed by atoms with Gasteiger partial charge in [-0.2, -0.15) is 0 Å². The molecule has 11 nitrogen and oxygen atoms in total. The summed E-state index contributed by atoms with van der Waals surface area (Å²) in [6.07, 6.45) is 7.72. The molecule has 6 rings (SSSR count). The Kier molecular flexibility index (Phi) is 13.4. The number of aromatic nitrogens is 3. The Balaban J connectivity index is 0.779. The summed E-state index contributed by atoms with van der Waals surface area (Å²) >= 11 is 0. The number of nitrogens with zero attached hydrogens (tertiary/aromatic N) is 3. The molecule has 0 amide bonds. The summed E-state index contributed by atoms with van der Waals surface area (Å²) in [7, 11) is 0. The summed E-state index contributed by atoms with van der Waals surface area (Å²) in [5.41, 5.74) is 4.25. The van der Waals surface area contributed by atoms with Gasteiger partial charge >= 0.3 is 0 Å². The number of carbonyl (C=O) groups is 1. The second kappa shape index (κ2) is 19.2. The van der Waals surface area contributed by atoms with E-state index in [0.717, 1.165) is 47.4 Å². The van der Waals surface area contributed by atoms with Crippen molar-refractivity contribution in [3.63, 3.8) is 0 Å². The van der Waals surface area contributed by atoms with Gasteiger partial charge in [-0.1, -0.05) is 41.6 Å². The SMILES string of the molecule is Cc1ccc(C(=O)/C=C/c2ccc(OCCCCc3cn(CCOCCOCCOc4ccc(-c5cc(=O)c6ccccc6o5)cc4)nn3)cc2)c(O)c1. The third kappa shape index (κ3) is 11.0. The van der Waals surface area contributed by atoms with Gasteiger partial charge in [-0.25, -0.2) is 4.68 Å². The van der Waals surface area contributed by atoms with Gasteiger partial charge in [-0.15, -0.1) is 5.10 Å². The number of phenols is 1. The van der Waals surface area contributed by atoms with Gasteiger partial charge in [0, 0.05) is 17.8 Å². The van der Waals surface area contributed by atoms with E-state index in [1.807, 2.05) is 73.8 Å². The van der Waals surface area contributed by atoms with E-state index >= 15 is 0 Å². The standard InChI is InChI=1S/C43H43N3O8/c1-31-9-19-37(40(48)28-31)39(47)20-12-32-10-15-35(16-11-32)52-22-5-4-6-34-30-46(45-44-34)21-23-50-24-25-51-26-27-53-36-17-13-33(14-18-36)43-29-41(49)38-7-2-3-8-42(38)54-43/h2-3,7-20,28-30,48H,4-6,21-27H2,1H3/b20-12+. The number of allylic oxidation sites excluding steroid dienone is 1. The molecular formula is C43H43N3O8. The van der Waals surface area contributed by atoms with Gasteiger partial charge in [-0.05, 0) is 104 Å². The summed E-state index contributed by atoms with van der Waals surface area (Å²) in [5, 5.41) is 19.0. The van der Waals surface area contributed by atoms with Crippen molar-refractivity contribution in [1.29, 1.82) is 0 Å². The molecule has 0 aliphatic carbocycles. The van der Waals surface area contributed by atoms with Crippen LogP contribution in [0.2, 0.25) is 0 Å². The smallest absolute Gasteiger partial charge is 0.193 e. The number of rotatable bonds is 20. The number of carbonyl (C=O) groups excluding carboxylic acids is 1. The quantitative estimate of drug-likeness (QED) is 0.0479. The van der Waals surface area contributed by atoms with Crippen LogP contribution in [0.25, 0.3) is 28.4 Å². The van der Waals surface area contributed by atoms with Crippen molar-refractivity contribution in [3.05, 3.63) is 142 Å². The molecule has 0 bridgehead atoms. The predicted molar refractivity (Wildman–Crippen MR) is 206 cm³/mol. The number of unbranched alkanes of at least 4 members (excludes halogenated alkanes) is 1. The van der Waals surface area contributed by atoms with Gasteiger partial charge in [0.25, 0.3) is 0 Å². The fourth-order valence-electron chi connectivity index (χ4n) is 5.61. The molecule has 0 radical (unpaired) electrons. The molecule has 278 valence electrons. The molecular weight excluding hydrogens is 686 g/mol. The Morgan fingerprint density at radius 1 is 0.815 bits per heavy atom. The number of aryl methyl sites for hydroxylation is 2. The molecule has 2 heterocycles. The monoisotopic (exact) mass is 729 g/mol. The lowest BCUT2D eigenvalue weighted by atomic mass is 10.1. The van der Waals surface area contributed by atoms with Crippen LogP contribution in [0.5, 0.6) is 17.2 Å². The molecule has 2 aromatic heterocycles. The maximum atomic E-state index is 12.4. The van der Waals surface area contributed by atoms with Crippen LogP contribution >= 0.6 is 0 Å². The molecule has 0 fully saturated rings. The van der Waals surface area contributed by atoms with Crippen molar-refractivity contribution in [2.45, 2.75) is 32.7 Å². The Bertz CT molecular complexity index is 2210. The van der Waals surface area contributed by atoms with Crippen LogP contribution in [-0.2, 0) is 22.4 Å². The number of benzene rings is 4. The minimum absolute atomic E-state index is 0.0144. The van der Waals surface area contributed by atoms with E-state index in [9.17, 15) is 14.7 Å². The minimum atomic E-state index is -0.250. The van der Waals surface area contributed by atoms with Crippen molar-refractivity contribution in [3.8, 4) is 28.6 Å². The topological polar surface area (TPSA) is 135 Å². The first-order chi connectivity index (χ1) is 26.4. The second-order valence-corrected chi connectivity index (χ2v) is 12.6. The van der Waals surface area contributed by atoms with Crippen LogP contribution in [0.3, 0.4) is 0 Å². The second-order valence-electron chi connectivity index (χ2n) is 12.6. The van der Waals surface area contributed by atoms with Crippen LogP contribution in [0.4, 0.5) is 0 Å². The molecule has 0 aliphatic heterocycles. The van der Waals surface area contributed by atoms with Gasteiger partial charge in [0.05, 0.1) is 56.2 Å². The Morgan fingerprint density at radius 3 is 2.33 bits per heavy atom. The highest BCUT2D eigenvalue weighted by molar-refractivity contribution is 6.08. The van der Waals surface area contributed by atoms with Gasteiger partial charge in [0.2, 0.25) is 0 Å². The number of para-hydroxylation sites is 1. The van der Waals surface area contributed by atoms with Crippen LogP contribution in [0, 0.1) is 6.92 Å². The summed E-state index contributed by atoms with van der Waals surface area (Å²) in [6.45, 7) is 5.29. The third-order valence-electron chi connectivity index (χ3n) is 8.51. The lowest BCUT2D eigenvalue weighted by Crippen LogP contribution is -2.13. The molecule has 4 aromatic carbocycles. The van der Waals surface area contributed by atoms with Crippen molar-refractivity contribution in [1.82, 2.24) is 15.0 Å². The van der Waals surface area contributed by atoms with Gasteiger partial charge < -0.3 is 28.5 Å². The molecule has 1 N–H and O–H groups in total. The Labute approximate surface area is 313 Å². The molecule has 11 heteroatoms. The first-order valence-electron chi connectivity index (χ1n) is 18.0. The van der Waals surface area contributed by atoms with E-state index < -0.39 is 0 Å². The van der Waals surface area contributed by atoms with Crippen LogP contribution < -0.4 is 14.9 Å². The highest BCUT2D eigenvalue weighted by Gasteiger charge is 2.09. The number of hydrogen-bond donors (Lipinski definition) is 1. The van der Waals surface area contributed by atoms with E-state index in [1.54, 1.807) is 41.1 Å². The van der Waals surface area contributed by atoms with Gasteiger partial charge in [0.15, 0.2) is 11.2 Å². The minimum Gasteiger partial charge on any atom is -0.507 e. The van der Waals surface area contributed by atoms with Crippen LogP contribution in [-0.4, -0.2) is 65.5 Å². The lowest BCUT2D eigenvalue weighted by molar-refractivity contribution is 0.0333. The van der Waals surface area contributed by atoms with E-state index in [1.165, 1.54) is 12.1 Å². The zero-order valence-corrected chi connectivity index (χ0v) is 30.2. The molecule has 0 spiro atoms. The molecule has 0 aliphatic rings. The Morgan fingerprint density at radius 2 is 1.54 bits per heavy atom. The van der Waals surface area contributed by atoms with Gasteiger partial charge in [-0.3, -0.25) is 9.59 Å². The summed E-state index contributed by atoms with van der Waals surface area (Å²) in [6, 6.07) is 28.7. The van der Waals surface area contributed by atoms with Crippen molar-refractivity contribution in [2.24, 2.45) is 0 Å². The summed E-state index contributed by atoms with van der Waals surface area (Å²) in [5.74, 6) is 1.71. The normalized spacial score (nSPS) is 11.4. The number of phenolic OH excluding ortho intramolecular Hbond substituents is 1. The molecule has 0 atom stereocenters. The van der Waals surface area contributed by atoms with Crippen LogP contribution in [0.1, 0.15) is 40.0 Å². The number of fused-ring (bicyclic) bond motifs is 1. The molecule has 0 saturated carbocycles. The third-order valence-corrected chi connectivity index (χ3v) is 8.51. The number of aromatic hydroxyl groups is 1. The first-order valence-corrected chi connectivity index (χ1v) is 18.0. The zero-order chi connectivity index (χ0) is 37.5. The fraction of sp³-hybridized carbons (Fsp3) is 0.256. The largest absolute Gasteiger partial charge is 0.507 e. The highest BCUT2D eigenvalue weighted by Crippen LogP contribution is 2.25. The summed E-state index contributed by atoms with van der Waals surface area (Å²) in [4.78, 5) is 24.8. The van der Waals surface area contributed by atoms with Crippen molar-refractivity contribution in [2.75, 3.05) is 39.6 Å². The Hall–Kier alpha value is -6.04. The maximum absolute atomic E-state index is 12.4. The van der Waals surface area contributed by atoms with Gasteiger partial charge in [0.1, 0.15) is 35.2 Å². The van der Waals surface area contributed by atoms with E-state index in [0.29, 0.717) is 68.7 Å². The first kappa shape index (κ1) is 37.7. The average molecular weight is 730 g/mol. The lowest BCUT2D eigenvalue weighted by Gasteiger charge is -2.09. The van der Waals surface area contributed by atoms with E-state index in [4.69, 9.17) is 23.4 Å². The number of ether oxygens (including phenoxy) is 4. The molecule has 0 unspecified atom stereocenters. The fourth-order valence-corrected chi connectivity index (χ4v) is 5.61. The maximum Gasteiger partial charge on any atom is 0.193 e. The predicted octanol–water partition coefficient (Wildman–Crippen LogP) is 7.48. The van der Waals surface area contributed by atoms with Crippen LogP contribution in [0.15, 0.2) is 119 Å². The molecule has 0 saturated heterocycles. The zero-order valence-electron chi connectivity index (χ0n) is 30.2. The molecule has 6 aromatic rings. The van der Waals surface area contributed by atoms with Crippen molar-refractivity contribution < 1.29 is 33.3 Å². The number of hydrogen-bond acceptors (Lipinski definition) is 10. The highest BCUT2D eigenvalue weighted by atomic mass is 16.5. The molecule has 54 heavy (non-hydrogen) atoms. The average Bonchev–Trinajstić information content (AvgIpc) is 3.64. The summed E-state index contributed by atoms with van der Waals surface area (Å²) < 4.78 is 30.7.